The van der Waals surface area contributed by atoms with Crippen LogP contribution in [0.2, 0.25) is 5.02 Å². The number of rotatable bonds is 6. The first kappa shape index (κ1) is 27.5. The summed E-state index contributed by atoms with van der Waals surface area (Å²) in [6, 6.07) is 12.7. The van der Waals surface area contributed by atoms with E-state index in [0.29, 0.717) is 23.4 Å². The number of hydrogen-bond donors (Lipinski definition) is 0. The van der Waals surface area contributed by atoms with Crippen molar-refractivity contribution < 1.29 is 9.53 Å². The van der Waals surface area contributed by atoms with Gasteiger partial charge in [0, 0.05) is 9.61 Å². The number of ether oxygens (including phenoxy) is 1. The van der Waals surface area contributed by atoms with Crippen molar-refractivity contribution in [3.8, 4) is 5.75 Å². The van der Waals surface area contributed by atoms with Crippen LogP contribution >= 0.6 is 61.9 Å². The predicted molar refractivity (Wildman–Crippen MR) is 166 cm³/mol. The van der Waals surface area contributed by atoms with Crippen LogP contribution in [0.4, 0.5) is 0 Å². The van der Waals surface area contributed by atoms with Gasteiger partial charge in [-0.25, -0.2) is 0 Å². The van der Waals surface area contributed by atoms with Crippen molar-refractivity contribution in [2.24, 2.45) is 4.99 Å². The number of nitrogens with zero attached hydrogens (tertiary/aromatic N) is 2. The largest absolute Gasteiger partial charge is 0.486 e. The molecule has 0 N–H and O–H groups in total. The molecule has 196 valence electrons. The number of carbonyl (C=O) groups is 1. The van der Waals surface area contributed by atoms with E-state index in [9.17, 15) is 4.79 Å². The lowest BCUT2D eigenvalue weighted by atomic mass is 9.94. The summed E-state index contributed by atoms with van der Waals surface area (Å²) < 4.78 is 7.99. The van der Waals surface area contributed by atoms with Gasteiger partial charge >= 0.3 is 0 Å². The summed E-state index contributed by atoms with van der Waals surface area (Å²) in [4.78, 5) is 21.5. The molecule has 1 heterocycles. The van der Waals surface area contributed by atoms with Gasteiger partial charge in [-0.2, -0.15) is 0 Å². The minimum absolute atomic E-state index is 0.0812. The average molecular weight is 714 g/mol. The molecule has 0 atom stereocenters. The van der Waals surface area contributed by atoms with Gasteiger partial charge in [-0.15, -0.1) is 0 Å². The monoisotopic (exact) mass is 712 g/mol. The van der Waals surface area contributed by atoms with Crippen molar-refractivity contribution in [1.82, 2.24) is 4.90 Å². The normalized spacial score (nSPS) is 21.8. The van der Waals surface area contributed by atoms with Gasteiger partial charge in [-0.05, 0) is 117 Å². The topological polar surface area (TPSA) is 41.9 Å². The lowest BCUT2D eigenvalue weighted by Gasteiger charge is -2.31. The fraction of sp³-hybridized carbons (Fsp3) is 0.448. The van der Waals surface area contributed by atoms with Crippen LogP contribution in [0.1, 0.15) is 75.3 Å². The van der Waals surface area contributed by atoms with Gasteiger partial charge in [0.25, 0.3) is 5.91 Å². The van der Waals surface area contributed by atoms with Crippen LogP contribution in [0, 0.1) is 3.57 Å². The zero-order valence-electron chi connectivity index (χ0n) is 20.7. The maximum Gasteiger partial charge on any atom is 0.266 e. The van der Waals surface area contributed by atoms with E-state index in [0.717, 1.165) is 51.4 Å². The van der Waals surface area contributed by atoms with Gasteiger partial charge in [0.05, 0.1) is 20.4 Å². The van der Waals surface area contributed by atoms with Crippen LogP contribution in [0.15, 0.2) is 50.8 Å². The summed E-state index contributed by atoms with van der Waals surface area (Å²) in [6.45, 7) is 0.432. The van der Waals surface area contributed by atoms with Crippen LogP contribution in [0.5, 0.6) is 5.75 Å². The van der Waals surface area contributed by atoms with E-state index in [1.54, 1.807) is 0 Å². The van der Waals surface area contributed by atoms with E-state index in [1.807, 2.05) is 23.1 Å². The van der Waals surface area contributed by atoms with Crippen molar-refractivity contribution >= 4 is 79.0 Å². The molecule has 0 bridgehead atoms. The number of thioether (sulfide) groups is 1. The van der Waals surface area contributed by atoms with Gasteiger partial charge in [0.1, 0.15) is 6.61 Å². The molecule has 0 aromatic heterocycles. The van der Waals surface area contributed by atoms with Crippen LogP contribution in [0.25, 0.3) is 6.08 Å². The lowest BCUT2D eigenvalue weighted by Crippen LogP contribution is -2.41. The number of carbonyl (C=O) groups excluding carboxylic acids is 1. The predicted octanol–water partition coefficient (Wildman–Crippen LogP) is 9.22. The molecule has 37 heavy (non-hydrogen) atoms. The standard InChI is InChI=1S/C29H31BrClIN2O2S/c30-24-15-20(16-25(31)27(24)36-18-19-11-13-21(32)14-12-19)17-26-28(35)34(23-9-5-2-6-10-23)29(37-26)33-22-7-3-1-4-8-22/h11-17,22-23H,1-10,18H2. The Balaban J connectivity index is 1.37. The Bertz CT molecular complexity index is 1170. The first-order chi connectivity index (χ1) is 18.0. The number of amides is 1. The maximum atomic E-state index is 13.7. The van der Waals surface area contributed by atoms with Gasteiger partial charge < -0.3 is 4.74 Å². The quantitative estimate of drug-likeness (QED) is 0.222. The minimum Gasteiger partial charge on any atom is -0.486 e. The summed E-state index contributed by atoms with van der Waals surface area (Å²) in [7, 11) is 0. The highest BCUT2D eigenvalue weighted by molar-refractivity contribution is 14.1. The summed E-state index contributed by atoms with van der Waals surface area (Å²) in [6.07, 6.45) is 13.7. The Morgan fingerprint density at radius 1 is 1.05 bits per heavy atom. The summed E-state index contributed by atoms with van der Waals surface area (Å²) in [5.41, 5.74) is 1.95. The molecule has 2 saturated carbocycles. The molecular weight excluding hydrogens is 683 g/mol. The van der Waals surface area contributed by atoms with Gasteiger partial charge in [-0.3, -0.25) is 14.7 Å². The van der Waals surface area contributed by atoms with E-state index < -0.39 is 0 Å². The van der Waals surface area contributed by atoms with E-state index in [1.165, 1.54) is 53.9 Å². The first-order valence-corrected chi connectivity index (χ1v) is 16.2. The molecule has 1 aliphatic heterocycles. The fourth-order valence-corrected chi connectivity index (χ4v) is 7.75. The smallest absolute Gasteiger partial charge is 0.266 e. The molecule has 5 rings (SSSR count). The van der Waals surface area contributed by atoms with E-state index in [4.69, 9.17) is 21.3 Å². The molecule has 2 aromatic carbocycles. The van der Waals surface area contributed by atoms with Crippen molar-refractivity contribution in [2.75, 3.05) is 0 Å². The SMILES string of the molecule is O=C1C(=Cc2cc(Cl)c(OCc3ccc(I)cc3)c(Br)c2)SC(=NC2CCCCC2)N1C1CCCCC1. The van der Waals surface area contributed by atoms with E-state index in [2.05, 4.69) is 62.8 Å². The molecular formula is C29H31BrClIN2O2S. The third-order valence-electron chi connectivity index (χ3n) is 7.26. The van der Waals surface area contributed by atoms with E-state index in [-0.39, 0.29) is 11.9 Å². The Morgan fingerprint density at radius 3 is 2.41 bits per heavy atom. The van der Waals surface area contributed by atoms with Crippen LogP contribution in [-0.2, 0) is 11.4 Å². The molecule has 0 spiro atoms. The third kappa shape index (κ3) is 6.95. The van der Waals surface area contributed by atoms with Gasteiger partial charge in [0.15, 0.2) is 10.9 Å². The minimum atomic E-state index is 0.0812. The maximum absolute atomic E-state index is 13.7. The number of benzene rings is 2. The van der Waals surface area contributed by atoms with Crippen molar-refractivity contribution in [2.45, 2.75) is 82.9 Å². The van der Waals surface area contributed by atoms with Crippen LogP contribution < -0.4 is 4.74 Å². The molecule has 1 amide bonds. The first-order valence-electron chi connectivity index (χ1n) is 13.1. The van der Waals surface area contributed by atoms with Crippen LogP contribution in [-0.4, -0.2) is 28.1 Å². The second-order valence-electron chi connectivity index (χ2n) is 10.0. The highest BCUT2D eigenvalue weighted by Gasteiger charge is 2.39. The molecule has 8 heteroatoms. The van der Waals surface area contributed by atoms with Crippen LogP contribution in [0.3, 0.4) is 0 Å². The summed E-state index contributed by atoms with van der Waals surface area (Å²) in [5, 5.41) is 1.42. The molecule has 2 aromatic rings. The zero-order chi connectivity index (χ0) is 25.8. The lowest BCUT2D eigenvalue weighted by molar-refractivity contribution is -0.124. The average Bonchev–Trinajstić information content (AvgIpc) is 3.19. The molecule has 1 saturated heterocycles. The second-order valence-corrected chi connectivity index (χ2v) is 13.5. The van der Waals surface area contributed by atoms with E-state index >= 15 is 0 Å². The Morgan fingerprint density at radius 2 is 1.73 bits per heavy atom. The third-order valence-corrected chi connectivity index (χ3v) is 9.85. The van der Waals surface area contributed by atoms with Crippen molar-refractivity contribution in [3.05, 3.63) is 65.5 Å². The summed E-state index contributed by atoms with van der Waals surface area (Å²) in [5.74, 6) is 0.689. The Labute approximate surface area is 250 Å². The molecule has 4 nitrogen and oxygen atoms in total. The molecule has 3 aliphatic rings. The Hall–Kier alpha value is -1.03. The highest BCUT2D eigenvalue weighted by Crippen LogP contribution is 2.40. The van der Waals surface area contributed by atoms with Gasteiger partial charge in [0.2, 0.25) is 0 Å². The molecule has 2 aliphatic carbocycles. The number of hydrogen-bond acceptors (Lipinski definition) is 4. The molecule has 0 unspecified atom stereocenters. The fourth-order valence-electron chi connectivity index (χ4n) is 5.29. The van der Waals surface area contributed by atoms with Crippen molar-refractivity contribution in [3.63, 3.8) is 0 Å². The number of amidine groups is 1. The van der Waals surface area contributed by atoms with Gasteiger partial charge in [-0.1, -0.05) is 62.3 Å². The molecule has 3 fully saturated rings. The highest BCUT2D eigenvalue weighted by atomic mass is 127. The van der Waals surface area contributed by atoms with Crippen molar-refractivity contribution in [1.29, 1.82) is 0 Å². The second kappa shape index (κ2) is 12.9. The Kier molecular flexibility index (Phi) is 9.59. The summed E-state index contributed by atoms with van der Waals surface area (Å²) >= 11 is 14.1. The number of halogens is 3. The number of aliphatic imine (C=N–C) groups is 1. The molecule has 0 radical (unpaired) electrons. The zero-order valence-corrected chi connectivity index (χ0v) is 26.0.